The first-order chi connectivity index (χ1) is 9.75. The molecule has 114 valence electrons. The highest BCUT2D eigenvalue weighted by Crippen LogP contribution is 2.39. The topological polar surface area (TPSA) is 43.4 Å². The zero-order chi connectivity index (χ0) is 15.8. The van der Waals surface area contributed by atoms with Crippen molar-refractivity contribution in [2.45, 2.75) is 18.5 Å². The average molecular weight is 365 g/mol. The van der Waals surface area contributed by atoms with Crippen molar-refractivity contribution in [1.82, 2.24) is 0 Å². The molecule has 0 amide bonds. The number of ketones is 2. The van der Waals surface area contributed by atoms with E-state index in [-0.39, 0.29) is 34.6 Å². The van der Waals surface area contributed by atoms with Crippen LogP contribution in [0.1, 0.15) is 23.5 Å². The number of methoxy groups -OCH3 is 1. The van der Waals surface area contributed by atoms with E-state index in [9.17, 15) is 22.8 Å². The molecule has 1 saturated carbocycles. The molecule has 1 aromatic carbocycles. The van der Waals surface area contributed by atoms with Gasteiger partial charge in [-0.15, -0.1) is 0 Å². The summed E-state index contributed by atoms with van der Waals surface area (Å²) in [4.78, 5) is 24.2. The SMILES string of the molecule is COCC1CC(=O)C(c2ccc(C(F)(F)F)cc2Br)C1=O. The molecule has 0 N–H and O–H groups in total. The number of halogens is 4. The van der Waals surface area contributed by atoms with Crippen LogP contribution in [-0.4, -0.2) is 25.3 Å². The summed E-state index contributed by atoms with van der Waals surface area (Å²) in [6.07, 6.45) is -4.41. The van der Waals surface area contributed by atoms with Crippen LogP contribution >= 0.6 is 15.9 Å². The molecule has 0 spiro atoms. The molecule has 21 heavy (non-hydrogen) atoms. The van der Waals surface area contributed by atoms with Crippen LogP contribution in [0.3, 0.4) is 0 Å². The smallest absolute Gasteiger partial charge is 0.384 e. The highest BCUT2D eigenvalue weighted by atomic mass is 79.9. The molecule has 2 rings (SSSR count). The van der Waals surface area contributed by atoms with Gasteiger partial charge in [0.2, 0.25) is 0 Å². The van der Waals surface area contributed by atoms with Gasteiger partial charge in [0.15, 0.2) is 5.78 Å². The van der Waals surface area contributed by atoms with E-state index in [1.165, 1.54) is 13.2 Å². The van der Waals surface area contributed by atoms with Gasteiger partial charge < -0.3 is 4.74 Å². The first kappa shape index (κ1) is 16.2. The van der Waals surface area contributed by atoms with E-state index in [2.05, 4.69) is 15.9 Å². The van der Waals surface area contributed by atoms with Gasteiger partial charge in [-0.1, -0.05) is 22.0 Å². The number of hydrogen-bond donors (Lipinski definition) is 0. The largest absolute Gasteiger partial charge is 0.416 e. The Hall–Kier alpha value is -1.21. The fourth-order valence-corrected chi connectivity index (χ4v) is 3.07. The summed E-state index contributed by atoms with van der Waals surface area (Å²) in [5.74, 6) is -2.13. The number of benzene rings is 1. The summed E-state index contributed by atoms with van der Waals surface area (Å²) in [5, 5.41) is 0. The Labute approximate surface area is 127 Å². The van der Waals surface area contributed by atoms with E-state index in [1.54, 1.807) is 0 Å². The van der Waals surface area contributed by atoms with Crippen molar-refractivity contribution in [2.75, 3.05) is 13.7 Å². The van der Waals surface area contributed by atoms with E-state index in [0.717, 1.165) is 12.1 Å². The van der Waals surface area contributed by atoms with Crippen LogP contribution in [0.5, 0.6) is 0 Å². The lowest BCUT2D eigenvalue weighted by Gasteiger charge is -2.14. The molecule has 0 bridgehead atoms. The Morgan fingerprint density at radius 3 is 2.52 bits per heavy atom. The molecule has 3 nitrogen and oxygen atoms in total. The van der Waals surface area contributed by atoms with Crippen LogP contribution < -0.4 is 0 Å². The van der Waals surface area contributed by atoms with Gasteiger partial charge in [-0.3, -0.25) is 9.59 Å². The summed E-state index contributed by atoms with van der Waals surface area (Å²) in [7, 11) is 1.43. The van der Waals surface area contributed by atoms with Crippen LogP contribution in [0.2, 0.25) is 0 Å². The minimum atomic E-state index is -4.47. The molecular formula is C14H12BrF3O3. The van der Waals surface area contributed by atoms with Crippen molar-refractivity contribution >= 4 is 27.5 Å². The predicted molar refractivity (Wildman–Crippen MR) is 71.9 cm³/mol. The molecule has 0 saturated heterocycles. The quantitative estimate of drug-likeness (QED) is 0.772. The van der Waals surface area contributed by atoms with Crippen molar-refractivity contribution in [3.8, 4) is 0 Å². The zero-order valence-electron chi connectivity index (χ0n) is 11.0. The molecule has 2 atom stereocenters. The Kier molecular flexibility index (Phi) is 4.53. The maximum atomic E-state index is 12.6. The van der Waals surface area contributed by atoms with Crippen LogP contribution in [0.25, 0.3) is 0 Å². The number of carbonyl (C=O) groups excluding carboxylic acids is 2. The maximum absolute atomic E-state index is 12.6. The molecule has 2 unspecified atom stereocenters. The fraction of sp³-hybridized carbons (Fsp3) is 0.429. The van der Waals surface area contributed by atoms with Gasteiger partial charge in [0.1, 0.15) is 11.7 Å². The monoisotopic (exact) mass is 364 g/mol. The number of carbonyl (C=O) groups is 2. The Balaban J connectivity index is 2.34. The summed E-state index contributed by atoms with van der Waals surface area (Å²) in [6, 6.07) is 2.95. The highest BCUT2D eigenvalue weighted by molar-refractivity contribution is 9.10. The summed E-state index contributed by atoms with van der Waals surface area (Å²) in [6.45, 7) is 0.138. The third-order valence-electron chi connectivity index (χ3n) is 3.46. The predicted octanol–water partition coefficient (Wildman–Crippen LogP) is 3.36. The lowest BCUT2D eigenvalue weighted by molar-refractivity contribution is -0.137. The summed E-state index contributed by atoms with van der Waals surface area (Å²) >= 11 is 3.03. The molecule has 0 heterocycles. The van der Waals surface area contributed by atoms with Gasteiger partial charge >= 0.3 is 6.18 Å². The summed E-state index contributed by atoms with van der Waals surface area (Å²) in [5.41, 5.74) is -0.555. The number of Topliss-reactive ketones (excluding diaryl/α,β-unsaturated/α-hetero) is 2. The standard InChI is InChI=1S/C14H12BrF3O3/c1-21-6-7-4-11(19)12(13(7)20)9-3-2-8(5-10(9)15)14(16,17)18/h2-3,5,7,12H,4,6H2,1H3. The fourth-order valence-electron chi connectivity index (χ4n) is 2.46. The van der Waals surface area contributed by atoms with Gasteiger partial charge in [0, 0.05) is 23.9 Å². The van der Waals surface area contributed by atoms with E-state index in [1.807, 2.05) is 0 Å². The van der Waals surface area contributed by atoms with E-state index >= 15 is 0 Å². The normalized spacial score (nSPS) is 22.9. The zero-order valence-corrected chi connectivity index (χ0v) is 12.6. The van der Waals surface area contributed by atoms with Crippen molar-refractivity contribution in [3.05, 3.63) is 33.8 Å². The van der Waals surface area contributed by atoms with Gasteiger partial charge in [-0.25, -0.2) is 0 Å². The van der Waals surface area contributed by atoms with Crippen LogP contribution in [0.15, 0.2) is 22.7 Å². The maximum Gasteiger partial charge on any atom is 0.416 e. The third kappa shape index (κ3) is 3.18. The second-order valence-electron chi connectivity index (χ2n) is 4.89. The van der Waals surface area contributed by atoms with E-state index in [4.69, 9.17) is 4.74 Å². The Bertz CT molecular complexity index is 583. The van der Waals surface area contributed by atoms with Gasteiger partial charge in [-0.2, -0.15) is 13.2 Å². The van der Waals surface area contributed by atoms with E-state index < -0.39 is 23.6 Å². The van der Waals surface area contributed by atoms with E-state index in [0.29, 0.717) is 0 Å². The molecule has 1 aromatic rings. The minimum absolute atomic E-state index is 0.0603. The molecular weight excluding hydrogens is 353 g/mol. The minimum Gasteiger partial charge on any atom is -0.384 e. The average Bonchev–Trinajstić information content (AvgIpc) is 2.64. The number of alkyl halides is 3. The van der Waals surface area contributed by atoms with Gasteiger partial charge in [0.25, 0.3) is 0 Å². The van der Waals surface area contributed by atoms with Crippen molar-refractivity contribution < 1.29 is 27.5 Å². The third-order valence-corrected chi connectivity index (χ3v) is 4.15. The number of rotatable bonds is 3. The molecule has 0 aliphatic heterocycles. The van der Waals surface area contributed by atoms with Crippen LogP contribution in [-0.2, 0) is 20.5 Å². The molecule has 1 aliphatic rings. The second-order valence-corrected chi connectivity index (χ2v) is 5.75. The lowest BCUT2D eigenvalue weighted by atomic mass is 9.93. The number of hydrogen-bond acceptors (Lipinski definition) is 3. The van der Waals surface area contributed by atoms with Crippen LogP contribution in [0.4, 0.5) is 13.2 Å². The lowest BCUT2D eigenvalue weighted by Crippen LogP contribution is -2.18. The first-order valence-electron chi connectivity index (χ1n) is 6.17. The molecule has 1 aliphatic carbocycles. The first-order valence-corrected chi connectivity index (χ1v) is 6.97. The molecule has 0 aromatic heterocycles. The van der Waals surface area contributed by atoms with Crippen molar-refractivity contribution in [1.29, 1.82) is 0 Å². The van der Waals surface area contributed by atoms with Gasteiger partial charge in [-0.05, 0) is 17.7 Å². The van der Waals surface area contributed by atoms with Crippen LogP contribution in [0, 0.1) is 5.92 Å². The number of ether oxygens (including phenoxy) is 1. The van der Waals surface area contributed by atoms with Gasteiger partial charge in [0.05, 0.1) is 12.2 Å². The molecule has 1 fully saturated rings. The van der Waals surface area contributed by atoms with Crippen molar-refractivity contribution in [3.63, 3.8) is 0 Å². The summed E-state index contributed by atoms with van der Waals surface area (Å²) < 4.78 is 42.9. The Morgan fingerprint density at radius 1 is 1.33 bits per heavy atom. The highest BCUT2D eigenvalue weighted by Gasteiger charge is 2.43. The Morgan fingerprint density at radius 2 is 2.00 bits per heavy atom. The molecule has 0 radical (unpaired) electrons. The van der Waals surface area contributed by atoms with Crippen molar-refractivity contribution in [2.24, 2.45) is 5.92 Å². The molecule has 7 heteroatoms. The second kappa shape index (κ2) is 5.88.